The third-order valence-electron chi connectivity index (χ3n) is 3.84. The molecule has 1 aliphatic heterocycles. The second-order valence-electron chi connectivity index (χ2n) is 5.88. The van der Waals surface area contributed by atoms with Crippen LogP contribution in [0.5, 0.6) is 0 Å². The van der Waals surface area contributed by atoms with E-state index >= 15 is 0 Å². The highest BCUT2D eigenvalue weighted by atomic mass is 79.9. The van der Waals surface area contributed by atoms with Crippen LogP contribution in [0, 0.1) is 0 Å². The van der Waals surface area contributed by atoms with Gasteiger partial charge in [0.25, 0.3) is 10.0 Å². The Morgan fingerprint density at radius 2 is 2.00 bits per heavy atom. The van der Waals surface area contributed by atoms with Gasteiger partial charge in [0.1, 0.15) is 4.60 Å². The van der Waals surface area contributed by atoms with E-state index in [0.717, 1.165) is 0 Å². The van der Waals surface area contributed by atoms with Gasteiger partial charge >= 0.3 is 0 Å². The molecule has 3 rings (SSSR count). The van der Waals surface area contributed by atoms with E-state index in [1.165, 1.54) is 24.4 Å². The van der Waals surface area contributed by atoms with E-state index in [9.17, 15) is 13.2 Å². The first-order valence-corrected chi connectivity index (χ1v) is 9.56. The van der Waals surface area contributed by atoms with Crippen LogP contribution >= 0.6 is 27.5 Å². The summed E-state index contributed by atoms with van der Waals surface area (Å²) in [6.45, 7) is 3.49. The number of anilines is 2. The van der Waals surface area contributed by atoms with Crippen LogP contribution < -0.4 is 10.0 Å². The third kappa shape index (κ3) is 2.89. The number of benzene rings is 1. The van der Waals surface area contributed by atoms with Crippen LogP contribution in [-0.2, 0) is 20.2 Å². The van der Waals surface area contributed by atoms with Crippen LogP contribution in [0.25, 0.3) is 0 Å². The maximum atomic E-state index is 12.6. The first-order chi connectivity index (χ1) is 11.1. The Labute approximate surface area is 152 Å². The molecule has 1 aromatic heterocycles. The average molecular weight is 431 g/mol. The maximum absolute atomic E-state index is 12.6. The van der Waals surface area contributed by atoms with Crippen molar-refractivity contribution in [3.8, 4) is 0 Å². The molecule has 0 fully saturated rings. The molecular weight excluding hydrogens is 418 g/mol. The van der Waals surface area contributed by atoms with E-state index in [1.807, 2.05) is 0 Å². The zero-order valence-electron chi connectivity index (χ0n) is 12.7. The van der Waals surface area contributed by atoms with Crippen molar-refractivity contribution in [1.82, 2.24) is 4.98 Å². The number of aromatic nitrogens is 1. The molecule has 2 aromatic rings. The molecule has 2 N–H and O–H groups in total. The molecule has 0 bridgehead atoms. The second-order valence-corrected chi connectivity index (χ2v) is 8.75. The summed E-state index contributed by atoms with van der Waals surface area (Å²) in [5, 5.41) is 3.05. The van der Waals surface area contributed by atoms with Gasteiger partial charge in [0.2, 0.25) is 5.91 Å². The van der Waals surface area contributed by atoms with Gasteiger partial charge in [0, 0.05) is 11.9 Å². The number of rotatable bonds is 3. The van der Waals surface area contributed by atoms with Gasteiger partial charge in [-0.25, -0.2) is 13.4 Å². The second kappa shape index (κ2) is 5.72. The molecule has 9 heteroatoms. The Morgan fingerprint density at radius 3 is 2.71 bits per heavy atom. The summed E-state index contributed by atoms with van der Waals surface area (Å²) in [7, 11) is -3.86. The average Bonchev–Trinajstić information content (AvgIpc) is 2.72. The summed E-state index contributed by atoms with van der Waals surface area (Å²) < 4.78 is 28.1. The lowest BCUT2D eigenvalue weighted by molar-refractivity contribution is -0.119. The number of hydrogen-bond acceptors (Lipinski definition) is 4. The van der Waals surface area contributed by atoms with Crippen molar-refractivity contribution >= 4 is 54.8 Å². The highest BCUT2D eigenvalue weighted by Gasteiger charge is 2.39. The Kier molecular flexibility index (Phi) is 4.09. The zero-order valence-corrected chi connectivity index (χ0v) is 15.9. The van der Waals surface area contributed by atoms with Gasteiger partial charge < -0.3 is 5.32 Å². The molecule has 0 spiro atoms. The third-order valence-corrected chi connectivity index (χ3v) is 6.04. The number of nitrogens with one attached hydrogen (secondary N) is 2. The summed E-state index contributed by atoms with van der Waals surface area (Å²) in [6, 6.07) is 5.98. The molecule has 24 heavy (non-hydrogen) atoms. The van der Waals surface area contributed by atoms with Crippen molar-refractivity contribution in [3.05, 3.63) is 45.7 Å². The maximum Gasteiger partial charge on any atom is 0.261 e. The number of pyridine rings is 1. The minimum absolute atomic E-state index is 0.0534. The van der Waals surface area contributed by atoms with Crippen LogP contribution in [0.4, 0.5) is 11.4 Å². The summed E-state index contributed by atoms with van der Waals surface area (Å²) in [4.78, 5) is 16.0. The fraction of sp³-hybridized carbons (Fsp3) is 0.200. The number of nitrogens with zero attached hydrogens (tertiary/aromatic N) is 1. The first kappa shape index (κ1) is 17.2. The van der Waals surface area contributed by atoms with Crippen LogP contribution in [0.2, 0.25) is 5.02 Å². The number of hydrogen-bond donors (Lipinski definition) is 2. The lowest BCUT2D eigenvalue weighted by atomic mass is 9.86. The van der Waals surface area contributed by atoms with Crippen molar-refractivity contribution in [2.45, 2.75) is 24.2 Å². The predicted octanol–water partition coefficient (Wildman–Crippen LogP) is 3.53. The monoisotopic (exact) mass is 429 g/mol. The van der Waals surface area contributed by atoms with Crippen molar-refractivity contribution in [2.75, 3.05) is 10.0 Å². The Bertz CT molecular complexity index is 960. The fourth-order valence-electron chi connectivity index (χ4n) is 2.42. The number of sulfonamides is 1. The van der Waals surface area contributed by atoms with Gasteiger partial charge in [-0.1, -0.05) is 11.6 Å². The van der Waals surface area contributed by atoms with Crippen molar-refractivity contribution in [1.29, 1.82) is 0 Å². The molecule has 0 unspecified atom stereocenters. The quantitative estimate of drug-likeness (QED) is 0.729. The zero-order chi connectivity index (χ0) is 17.7. The van der Waals surface area contributed by atoms with Crippen LogP contribution in [0.1, 0.15) is 19.4 Å². The standard InChI is InChI=1S/C15H13BrClN3O3S/c1-15(2)10-6-9(3-4-11(10)19-14(15)21)24(22,23)20-12-5-8(17)7-18-13(12)16/h3-7,20H,1-2H3,(H,19,21). The summed E-state index contributed by atoms with van der Waals surface area (Å²) in [6.07, 6.45) is 1.40. The molecule has 1 aromatic carbocycles. The molecule has 0 aliphatic carbocycles. The minimum Gasteiger partial charge on any atom is -0.325 e. The van der Waals surface area contributed by atoms with E-state index in [-0.39, 0.29) is 16.5 Å². The van der Waals surface area contributed by atoms with Gasteiger partial charge in [0.15, 0.2) is 0 Å². The molecule has 6 nitrogen and oxygen atoms in total. The first-order valence-electron chi connectivity index (χ1n) is 6.91. The SMILES string of the molecule is CC1(C)C(=O)Nc2ccc(S(=O)(=O)Nc3cc(Cl)cnc3Br)cc21. The molecule has 1 aliphatic rings. The molecule has 0 atom stereocenters. The fourth-order valence-corrected chi connectivity index (χ4v) is 4.10. The molecule has 2 heterocycles. The Hall–Kier alpha value is -1.64. The van der Waals surface area contributed by atoms with Gasteiger partial charge in [-0.15, -0.1) is 0 Å². The van der Waals surface area contributed by atoms with E-state index in [0.29, 0.717) is 20.9 Å². The van der Waals surface area contributed by atoms with E-state index in [4.69, 9.17) is 11.6 Å². The molecule has 0 saturated carbocycles. The van der Waals surface area contributed by atoms with Gasteiger partial charge in [-0.3, -0.25) is 9.52 Å². The summed E-state index contributed by atoms with van der Waals surface area (Å²) in [5.74, 6) is -0.165. The van der Waals surface area contributed by atoms with E-state index in [1.54, 1.807) is 19.9 Å². The number of fused-ring (bicyclic) bond motifs is 1. The normalized spacial score (nSPS) is 15.8. The largest absolute Gasteiger partial charge is 0.325 e. The minimum atomic E-state index is -3.86. The Morgan fingerprint density at radius 1 is 1.29 bits per heavy atom. The highest BCUT2D eigenvalue weighted by molar-refractivity contribution is 9.10. The smallest absolute Gasteiger partial charge is 0.261 e. The summed E-state index contributed by atoms with van der Waals surface area (Å²) >= 11 is 9.04. The van der Waals surface area contributed by atoms with E-state index in [2.05, 4.69) is 31.0 Å². The Balaban J connectivity index is 2.02. The van der Waals surface area contributed by atoms with Crippen molar-refractivity contribution in [3.63, 3.8) is 0 Å². The van der Waals surface area contributed by atoms with Crippen molar-refractivity contribution in [2.24, 2.45) is 0 Å². The lowest BCUT2D eigenvalue weighted by Gasteiger charge is -2.16. The van der Waals surface area contributed by atoms with Gasteiger partial charge in [-0.05, 0) is 59.6 Å². The predicted molar refractivity (Wildman–Crippen MR) is 95.9 cm³/mol. The van der Waals surface area contributed by atoms with Crippen LogP contribution in [-0.4, -0.2) is 19.3 Å². The number of carbonyl (C=O) groups excluding carboxylic acids is 1. The van der Waals surface area contributed by atoms with Gasteiger partial charge in [0.05, 0.1) is 21.0 Å². The topological polar surface area (TPSA) is 88.2 Å². The molecule has 126 valence electrons. The molecule has 0 radical (unpaired) electrons. The van der Waals surface area contributed by atoms with Crippen LogP contribution in [0.3, 0.4) is 0 Å². The summed E-state index contributed by atoms with van der Waals surface area (Å²) in [5.41, 5.74) is 0.698. The number of amides is 1. The molecular formula is C15H13BrClN3O3S. The number of halogens is 2. The number of carbonyl (C=O) groups is 1. The lowest BCUT2D eigenvalue weighted by Crippen LogP contribution is -2.27. The molecule has 0 saturated heterocycles. The molecule has 1 amide bonds. The van der Waals surface area contributed by atoms with Crippen LogP contribution in [0.15, 0.2) is 40.0 Å². The highest BCUT2D eigenvalue weighted by Crippen LogP contribution is 2.38. The van der Waals surface area contributed by atoms with Gasteiger partial charge in [-0.2, -0.15) is 0 Å². The van der Waals surface area contributed by atoms with Crippen molar-refractivity contribution < 1.29 is 13.2 Å². The van der Waals surface area contributed by atoms with E-state index < -0.39 is 15.4 Å².